The van der Waals surface area contributed by atoms with Gasteiger partial charge in [0.25, 0.3) is 11.6 Å². The van der Waals surface area contributed by atoms with Crippen LogP contribution in [0.15, 0.2) is 18.2 Å². The molecule has 2 N–H and O–H groups in total. The first kappa shape index (κ1) is 17.6. The Bertz CT molecular complexity index is 600. The molecular formula is C15H20N2O5. The van der Waals surface area contributed by atoms with Crippen LogP contribution in [0.25, 0.3) is 0 Å². The number of benzene rings is 1. The van der Waals surface area contributed by atoms with Crippen LogP contribution in [0.2, 0.25) is 0 Å². The number of nitrogens with one attached hydrogen (secondary N) is 1. The van der Waals surface area contributed by atoms with Gasteiger partial charge < -0.3 is 10.4 Å². The first-order valence-electron chi connectivity index (χ1n) is 7.08. The summed E-state index contributed by atoms with van der Waals surface area (Å²) in [5.41, 5.74) is -0.935. The summed E-state index contributed by atoms with van der Waals surface area (Å²) >= 11 is 0. The molecule has 22 heavy (non-hydrogen) atoms. The molecule has 0 aliphatic carbocycles. The lowest BCUT2D eigenvalue weighted by molar-refractivity contribution is -0.385. The molecule has 0 aromatic heterocycles. The largest absolute Gasteiger partial charge is 0.480 e. The van der Waals surface area contributed by atoms with E-state index in [2.05, 4.69) is 5.32 Å². The van der Waals surface area contributed by atoms with Gasteiger partial charge in [-0.05, 0) is 25.8 Å². The van der Waals surface area contributed by atoms with Gasteiger partial charge in [0.05, 0.1) is 4.92 Å². The van der Waals surface area contributed by atoms with Gasteiger partial charge in [-0.15, -0.1) is 0 Å². The number of amides is 1. The van der Waals surface area contributed by atoms with Gasteiger partial charge >= 0.3 is 5.97 Å². The Labute approximate surface area is 128 Å². The molecule has 7 nitrogen and oxygen atoms in total. The van der Waals surface area contributed by atoms with Crippen LogP contribution in [0.4, 0.5) is 5.69 Å². The second-order valence-electron chi connectivity index (χ2n) is 5.30. The van der Waals surface area contributed by atoms with Crippen LogP contribution in [-0.2, 0) is 11.2 Å². The van der Waals surface area contributed by atoms with E-state index in [4.69, 9.17) is 0 Å². The van der Waals surface area contributed by atoms with Crippen LogP contribution >= 0.6 is 0 Å². The highest BCUT2D eigenvalue weighted by Crippen LogP contribution is 2.22. The van der Waals surface area contributed by atoms with Gasteiger partial charge in [-0.3, -0.25) is 14.9 Å². The Hall–Kier alpha value is -2.44. The molecule has 1 atom stereocenters. The van der Waals surface area contributed by atoms with Crippen molar-refractivity contribution in [3.05, 3.63) is 39.4 Å². The number of hydrogen-bond donors (Lipinski definition) is 2. The molecule has 0 fully saturated rings. The Morgan fingerprint density at radius 2 is 2.00 bits per heavy atom. The van der Waals surface area contributed by atoms with Crippen molar-refractivity contribution in [1.29, 1.82) is 0 Å². The number of carbonyl (C=O) groups is 2. The van der Waals surface area contributed by atoms with Crippen LogP contribution < -0.4 is 5.32 Å². The molecule has 1 aromatic rings. The fourth-order valence-electron chi connectivity index (χ4n) is 2.22. The van der Waals surface area contributed by atoms with Crippen molar-refractivity contribution in [2.24, 2.45) is 0 Å². The third-order valence-electron chi connectivity index (χ3n) is 3.54. The van der Waals surface area contributed by atoms with Crippen LogP contribution in [0, 0.1) is 10.1 Å². The summed E-state index contributed by atoms with van der Waals surface area (Å²) in [5.74, 6) is -1.77. The number of carboxylic acid groups (broad SMARTS) is 1. The van der Waals surface area contributed by atoms with Gasteiger partial charge in [0.1, 0.15) is 5.54 Å². The molecule has 0 heterocycles. The molecule has 7 heteroatoms. The quantitative estimate of drug-likeness (QED) is 0.594. The van der Waals surface area contributed by atoms with E-state index in [0.29, 0.717) is 18.4 Å². The van der Waals surface area contributed by atoms with E-state index in [-0.39, 0.29) is 17.7 Å². The van der Waals surface area contributed by atoms with E-state index in [1.165, 1.54) is 25.1 Å². The van der Waals surface area contributed by atoms with Gasteiger partial charge in [0, 0.05) is 17.2 Å². The van der Waals surface area contributed by atoms with Crippen LogP contribution in [0.5, 0.6) is 0 Å². The zero-order chi connectivity index (χ0) is 16.9. The van der Waals surface area contributed by atoms with Crippen LogP contribution in [0.1, 0.15) is 49.5 Å². The molecule has 0 radical (unpaired) electrons. The summed E-state index contributed by atoms with van der Waals surface area (Å²) in [6, 6.07) is 4.17. The number of hydrogen-bond acceptors (Lipinski definition) is 4. The standard InChI is InChI=1S/C15H20N2O5/c1-4-8-15(3,14(19)20)16-13(18)11-7-6-10(5-2)12(9-11)17(21)22/h6-7,9H,4-5,8H2,1-3H3,(H,16,18)(H,19,20). The van der Waals surface area contributed by atoms with Crippen molar-refractivity contribution in [2.45, 2.75) is 45.6 Å². The molecule has 0 spiro atoms. The third-order valence-corrected chi connectivity index (χ3v) is 3.54. The van der Waals surface area contributed by atoms with Gasteiger partial charge in [-0.2, -0.15) is 0 Å². The number of aliphatic carboxylic acids is 1. The first-order chi connectivity index (χ1) is 10.2. The van der Waals surface area contributed by atoms with E-state index >= 15 is 0 Å². The smallest absolute Gasteiger partial charge is 0.329 e. The van der Waals surface area contributed by atoms with Gasteiger partial charge in [-0.1, -0.05) is 26.3 Å². The Balaban J connectivity index is 3.10. The lowest BCUT2D eigenvalue weighted by Crippen LogP contribution is -2.52. The Kier molecular flexibility index (Phi) is 5.62. The van der Waals surface area contributed by atoms with Crippen molar-refractivity contribution in [3.8, 4) is 0 Å². The first-order valence-corrected chi connectivity index (χ1v) is 7.08. The summed E-state index contributed by atoms with van der Waals surface area (Å²) in [4.78, 5) is 34.0. The lowest BCUT2D eigenvalue weighted by atomic mass is 9.95. The number of rotatable bonds is 7. The zero-order valence-electron chi connectivity index (χ0n) is 12.9. The highest BCUT2D eigenvalue weighted by atomic mass is 16.6. The maximum Gasteiger partial charge on any atom is 0.329 e. The minimum Gasteiger partial charge on any atom is -0.480 e. The Morgan fingerprint density at radius 3 is 2.45 bits per heavy atom. The molecule has 1 unspecified atom stereocenters. The van der Waals surface area contributed by atoms with E-state index < -0.39 is 22.3 Å². The molecule has 1 amide bonds. The van der Waals surface area contributed by atoms with Gasteiger partial charge in [0.15, 0.2) is 0 Å². The van der Waals surface area contributed by atoms with E-state index in [1.54, 1.807) is 6.92 Å². The van der Waals surface area contributed by atoms with Gasteiger partial charge in [-0.25, -0.2) is 4.79 Å². The average molecular weight is 308 g/mol. The molecule has 0 aliphatic rings. The molecule has 0 saturated heterocycles. The minimum atomic E-state index is -1.40. The van der Waals surface area contributed by atoms with E-state index in [9.17, 15) is 24.8 Å². The van der Waals surface area contributed by atoms with Crippen molar-refractivity contribution in [1.82, 2.24) is 5.32 Å². The van der Waals surface area contributed by atoms with Crippen molar-refractivity contribution in [3.63, 3.8) is 0 Å². The number of carboxylic acids is 1. The van der Waals surface area contributed by atoms with Crippen LogP contribution in [0.3, 0.4) is 0 Å². The average Bonchev–Trinajstić information content (AvgIpc) is 2.46. The number of aryl methyl sites for hydroxylation is 1. The summed E-state index contributed by atoms with van der Waals surface area (Å²) < 4.78 is 0. The number of nitro groups is 1. The highest BCUT2D eigenvalue weighted by Gasteiger charge is 2.34. The second kappa shape index (κ2) is 7.02. The zero-order valence-corrected chi connectivity index (χ0v) is 12.9. The Morgan fingerprint density at radius 1 is 1.36 bits per heavy atom. The monoisotopic (exact) mass is 308 g/mol. The third kappa shape index (κ3) is 3.81. The summed E-state index contributed by atoms with van der Waals surface area (Å²) in [6.45, 7) is 5.02. The maximum atomic E-state index is 12.2. The number of carbonyl (C=O) groups excluding carboxylic acids is 1. The summed E-state index contributed by atoms with van der Waals surface area (Å²) in [6.07, 6.45) is 1.32. The second-order valence-corrected chi connectivity index (χ2v) is 5.30. The van der Waals surface area contributed by atoms with Crippen LogP contribution in [-0.4, -0.2) is 27.4 Å². The van der Waals surface area contributed by atoms with Crippen molar-refractivity contribution >= 4 is 17.6 Å². The van der Waals surface area contributed by atoms with E-state index in [0.717, 1.165) is 0 Å². The minimum absolute atomic E-state index is 0.0764. The van der Waals surface area contributed by atoms with Crippen molar-refractivity contribution in [2.75, 3.05) is 0 Å². The number of nitro benzene ring substituents is 1. The molecule has 120 valence electrons. The normalized spacial score (nSPS) is 13.2. The molecule has 1 aromatic carbocycles. The fourth-order valence-corrected chi connectivity index (χ4v) is 2.22. The molecule has 0 aliphatic heterocycles. The summed E-state index contributed by atoms with van der Waals surface area (Å²) in [5, 5.41) is 22.7. The predicted molar refractivity (Wildman–Crippen MR) is 80.9 cm³/mol. The summed E-state index contributed by atoms with van der Waals surface area (Å²) in [7, 11) is 0. The number of nitrogens with zero attached hydrogens (tertiary/aromatic N) is 1. The topological polar surface area (TPSA) is 110 Å². The van der Waals surface area contributed by atoms with Crippen molar-refractivity contribution < 1.29 is 19.6 Å². The molecule has 0 saturated carbocycles. The fraction of sp³-hybridized carbons (Fsp3) is 0.467. The predicted octanol–water partition coefficient (Wildman–Crippen LogP) is 2.53. The molecular weight excluding hydrogens is 288 g/mol. The van der Waals surface area contributed by atoms with Gasteiger partial charge in [0.2, 0.25) is 0 Å². The molecule has 1 rings (SSSR count). The SMILES string of the molecule is CCCC(C)(NC(=O)c1ccc(CC)c([N+](=O)[O-])c1)C(=O)O. The lowest BCUT2D eigenvalue weighted by Gasteiger charge is -2.25. The van der Waals surface area contributed by atoms with E-state index in [1.807, 2.05) is 6.92 Å². The highest BCUT2D eigenvalue weighted by molar-refractivity contribution is 5.98. The maximum absolute atomic E-state index is 12.2. The molecule has 0 bridgehead atoms.